The molecule has 1 aromatic rings. The smallest absolute Gasteiger partial charge is 0.268 e. The Bertz CT molecular complexity index is 319. The Kier molecular flexibility index (Phi) is 2.06. The van der Waals surface area contributed by atoms with Gasteiger partial charge in [0.05, 0.1) is 6.10 Å². The highest BCUT2D eigenvalue weighted by atomic mass is 16.5. The quantitative estimate of drug-likeness (QED) is 0.672. The molecule has 1 aromatic heterocycles. The number of aromatic amines is 1. The summed E-state index contributed by atoms with van der Waals surface area (Å²) in [5.41, 5.74) is 1.59. The molecule has 13 heavy (non-hydrogen) atoms. The molecule has 4 heteroatoms. The van der Waals surface area contributed by atoms with Crippen molar-refractivity contribution in [1.82, 2.24) is 10.3 Å². The van der Waals surface area contributed by atoms with E-state index < -0.39 is 0 Å². The van der Waals surface area contributed by atoms with E-state index in [0.29, 0.717) is 12.2 Å². The van der Waals surface area contributed by atoms with Crippen LogP contribution in [0.2, 0.25) is 0 Å². The molecular formula is C9H12N2O2. The van der Waals surface area contributed by atoms with Crippen molar-refractivity contribution in [3.8, 4) is 0 Å². The average molecular weight is 180 g/mol. The summed E-state index contributed by atoms with van der Waals surface area (Å²) in [7, 11) is 1.66. The van der Waals surface area contributed by atoms with Crippen molar-refractivity contribution in [1.29, 1.82) is 0 Å². The molecule has 2 heterocycles. The van der Waals surface area contributed by atoms with Gasteiger partial charge in [0, 0.05) is 25.4 Å². The van der Waals surface area contributed by atoms with E-state index in [0.717, 1.165) is 12.0 Å². The normalized spacial score (nSPS) is 21.9. The molecule has 1 atom stereocenters. The highest BCUT2D eigenvalue weighted by molar-refractivity contribution is 5.94. The minimum Gasteiger partial charge on any atom is -0.377 e. The van der Waals surface area contributed by atoms with Gasteiger partial charge < -0.3 is 15.0 Å². The van der Waals surface area contributed by atoms with Crippen LogP contribution in [0, 0.1) is 0 Å². The third-order valence-corrected chi connectivity index (χ3v) is 2.33. The van der Waals surface area contributed by atoms with Gasteiger partial charge in [-0.1, -0.05) is 0 Å². The molecule has 1 aliphatic heterocycles. The lowest BCUT2D eigenvalue weighted by atomic mass is 10.1. The number of amides is 1. The summed E-state index contributed by atoms with van der Waals surface area (Å²) < 4.78 is 5.29. The molecule has 0 aromatic carbocycles. The predicted molar refractivity (Wildman–Crippen MR) is 47.5 cm³/mol. The summed E-state index contributed by atoms with van der Waals surface area (Å²) in [6.07, 6.45) is 2.62. The third kappa shape index (κ3) is 1.33. The molecule has 0 saturated heterocycles. The second-order valence-corrected chi connectivity index (χ2v) is 3.08. The van der Waals surface area contributed by atoms with E-state index in [9.17, 15) is 4.79 Å². The molecule has 0 spiro atoms. The Labute approximate surface area is 76.3 Å². The van der Waals surface area contributed by atoms with Crippen LogP contribution < -0.4 is 5.32 Å². The van der Waals surface area contributed by atoms with Gasteiger partial charge in [0.2, 0.25) is 0 Å². The Morgan fingerprint density at radius 2 is 2.46 bits per heavy atom. The van der Waals surface area contributed by atoms with E-state index >= 15 is 0 Å². The lowest BCUT2D eigenvalue weighted by molar-refractivity contribution is 0.0942. The van der Waals surface area contributed by atoms with Gasteiger partial charge in [-0.3, -0.25) is 4.79 Å². The number of H-pyrrole nitrogens is 1. The van der Waals surface area contributed by atoms with Gasteiger partial charge in [0.25, 0.3) is 5.91 Å². The molecule has 0 radical (unpaired) electrons. The summed E-state index contributed by atoms with van der Waals surface area (Å²) in [6.45, 7) is 0.667. The van der Waals surface area contributed by atoms with Crippen LogP contribution in [0.15, 0.2) is 12.3 Å². The molecule has 0 saturated carbocycles. The molecule has 0 bridgehead atoms. The predicted octanol–water partition coefficient (Wildman–Crippen LogP) is 0.836. The number of carbonyl (C=O) groups is 1. The van der Waals surface area contributed by atoms with Crippen LogP contribution in [0.5, 0.6) is 0 Å². The van der Waals surface area contributed by atoms with Crippen molar-refractivity contribution >= 4 is 5.91 Å². The lowest BCUT2D eigenvalue weighted by Gasteiger charge is -2.10. The summed E-state index contributed by atoms with van der Waals surface area (Å²) in [5, 5.41) is 2.80. The van der Waals surface area contributed by atoms with E-state index in [1.165, 1.54) is 0 Å². The molecule has 2 N–H and O–H groups in total. The fraction of sp³-hybridized carbons (Fsp3) is 0.444. The second kappa shape index (κ2) is 3.22. The van der Waals surface area contributed by atoms with Crippen LogP contribution in [-0.4, -0.2) is 24.5 Å². The fourth-order valence-corrected chi connectivity index (χ4v) is 1.65. The minimum atomic E-state index is -0.0421. The zero-order chi connectivity index (χ0) is 9.26. The first-order chi connectivity index (χ1) is 6.33. The van der Waals surface area contributed by atoms with Crippen molar-refractivity contribution in [2.45, 2.75) is 12.5 Å². The van der Waals surface area contributed by atoms with E-state index in [1.54, 1.807) is 13.3 Å². The molecule has 70 valence electrons. The Balaban J connectivity index is 2.40. The number of methoxy groups -OCH3 is 1. The van der Waals surface area contributed by atoms with E-state index in [4.69, 9.17) is 4.74 Å². The SMILES string of the molecule is COC1CCNC(=O)c2[nH]ccc21. The van der Waals surface area contributed by atoms with Crippen LogP contribution in [-0.2, 0) is 4.74 Å². The number of carbonyl (C=O) groups excluding carboxylic acids is 1. The number of hydrogen-bond acceptors (Lipinski definition) is 2. The zero-order valence-electron chi connectivity index (χ0n) is 7.46. The van der Waals surface area contributed by atoms with E-state index in [-0.39, 0.29) is 12.0 Å². The largest absolute Gasteiger partial charge is 0.377 e. The van der Waals surface area contributed by atoms with Crippen molar-refractivity contribution < 1.29 is 9.53 Å². The van der Waals surface area contributed by atoms with Crippen molar-refractivity contribution in [2.24, 2.45) is 0 Å². The van der Waals surface area contributed by atoms with E-state index in [1.807, 2.05) is 6.07 Å². The van der Waals surface area contributed by atoms with Gasteiger partial charge in [-0.25, -0.2) is 0 Å². The Morgan fingerprint density at radius 1 is 1.62 bits per heavy atom. The number of hydrogen-bond donors (Lipinski definition) is 2. The molecule has 1 unspecified atom stereocenters. The number of ether oxygens (including phenoxy) is 1. The third-order valence-electron chi connectivity index (χ3n) is 2.33. The van der Waals surface area contributed by atoms with Crippen molar-refractivity contribution in [3.63, 3.8) is 0 Å². The van der Waals surface area contributed by atoms with Crippen LogP contribution in [0.4, 0.5) is 0 Å². The summed E-state index contributed by atoms with van der Waals surface area (Å²) in [6, 6.07) is 1.90. The number of nitrogens with one attached hydrogen (secondary N) is 2. The van der Waals surface area contributed by atoms with Crippen LogP contribution in [0.3, 0.4) is 0 Å². The van der Waals surface area contributed by atoms with Gasteiger partial charge in [0.15, 0.2) is 0 Å². The molecular weight excluding hydrogens is 168 g/mol. The van der Waals surface area contributed by atoms with Crippen molar-refractivity contribution in [2.75, 3.05) is 13.7 Å². The molecule has 4 nitrogen and oxygen atoms in total. The number of fused-ring (bicyclic) bond motifs is 1. The number of aromatic nitrogens is 1. The zero-order valence-corrected chi connectivity index (χ0v) is 7.46. The standard InChI is InChI=1S/C9H12N2O2/c1-13-7-3-5-11-9(12)8-6(7)2-4-10-8/h2,4,7,10H,3,5H2,1H3,(H,11,12). The van der Waals surface area contributed by atoms with Crippen LogP contribution >= 0.6 is 0 Å². The maximum absolute atomic E-state index is 11.4. The van der Waals surface area contributed by atoms with Crippen LogP contribution in [0.25, 0.3) is 0 Å². The lowest BCUT2D eigenvalue weighted by Crippen LogP contribution is -2.22. The first kappa shape index (κ1) is 8.31. The number of rotatable bonds is 1. The Hall–Kier alpha value is -1.29. The van der Waals surface area contributed by atoms with Gasteiger partial charge in [-0.05, 0) is 12.5 Å². The Morgan fingerprint density at radius 3 is 3.23 bits per heavy atom. The molecule has 2 rings (SSSR count). The fourth-order valence-electron chi connectivity index (χ4n) is 1.65. The maximum atomic E-state index is 11.4. The summed E-state index contributed by atoms with van der Waals surface area (Å²) in [4.78, 5) is 14.3. The average Bonchev–Trinajstić information content (AvgIpc) is 2.55. The first-order valence-corrected chi connectivity index (χ1v) is 4.31. The maximum Gasteiger partial charge on any atom is 0.268 e. The minimum absolute atomic E-state index is 0.0280. The molecule has 0 aliphatic carbocycles. The van der Waals surface area contributed by atoms with Gasteiger partial charge in [0.1, 0.15) is 5.69 Å². The van der Waals surface area contributed by atoms with Crippen molar-refractivity contribution in [3.05, 3.63) is 23.5 Å². The molecule has 0 fully saturated rings. The van der Waals surface area contributed by atoms with Gasteiger partial charge in [-0.15, -0.1) is 0 Å². The summed E-state index contributed by atoms with van der Waals surface area (Å²) in [5.74, 6) is -0.0421. The van der Waals surface area contributed by atoms with E-state index in [2.05, 4.69) is 10.3 Å². The second-order valence-electron chi connectivity index (χ2n) is 3.08. The topological polar surface area (TPSA) is 54.1 Å². The highest BCUT2D eigenvalue weighted by Gasteiger charge is 2.23. The molecule has 1 aliphatic rings. The monoisotopic (exact) mass is 180 g/mol. The highest BCUT2D eigenvalue weighted by Crippen LogP contribution is 2.25. The van der Waals surface area contributed by atoms with Gasteiger partial charge in [-0.2, -0.15) is 0 Å². The van der Waals surface area contributed by atoms with Gasteiger partial charge >= 0.3 is 0 Å². The summed E-state index contributed by atoms with van der Waals surface area (Å²) >= 11 is 0. The first-order valence-electron chi connectivity index (χ1n) is 4.31. The molecule has 1 amide bonds. The van der Waals surface area contributed by atoms with Crippen LogP contribution in [0.1, 0.15) is 28.6 Å².